The van der Waals surface area contributed by atoms with Gasteiger partial charge in [-0.3, -0.25) is 9.59 Å². The molecule has 1 N–H and O–H groups in total. The molecule has 2 unspecified atom stereocenters. The van der Waals surface area contributed by atoms with E-state index >= 15 is 0 Å². The number of carboxylic acid groups (broad SMARTS) is 1. The summed E-state index contributed by atoms with van der Waals surface area (Å²) in [6, 6.07) is 0. The lowest BCUT2D eigenvalue weighted by Crippen LogP contribution is -2.50. The third-order valence-electron chi connectivity index (χ3n) is 4.30. The van der Waals surface area contributed by atoms with Crippen LogP contribution in [0.5, 0.6) is 0 Å². The SMILES string of the molecule is COC(=O)C(C)S(=O)(=O)N1CCCC(C(C)(C)C(=O)O)C1. The Bertz CT molecular complexity index is 513. The molecule has 0 spiro atoms. The van der Waals surface area contributed by atoms with E-state index in [1.807, 2.05) is 0 Å². The number of methoxy groups -OCH3 is 1. The highest BCUT2D eigenvalue weighted by Gasteiger charge is 2.43. The Hall–Kier alpha value is -1.15. The molecule has 1 heterocycles. The van der Waals surface area contributed by atoms with Crippen molar-refractivity contribution in [2.45, 2.75) is 38.9 Å². The van der Waals surface area contributed by atoms with E-state index in [1.165, 1.54) is 11.2 Å². The van der Waals surface area contributed by atoms with Crippen molar-refractivity contribution in [3.05, 3.63) is 0 Å². The van der Waals surface area contributed by atoms with Crippen molar-refractivity contribution in [3.63, 3.8) is 0 Å². The lowest BCUT2D eigenvalue weighted by atomic mass is 9.75. The molecule has 8 heteroatoms. The summed E-state index contributed by atoms with van der Waals surface area (Å²) in [6.45, 7) is 4.89. The molecule has 1 fully saturated rings. The van der Waals surface area contributed by atoms with E-state index in [-0.39, 0.29) is 12.5 Å². The topological polar surface area (TPSA) is 101 Å². The van der Waals surface area contributed by atoms with Crippen LogP contribution in [0.3, 0.4) is 0 Å². The maximum absolute atomic E-state index is 12.4. The van der Waals surface area contributed by atoms with Crippen molar-refractivity contribution < 1.29 is 27.9 Å². The minimum atomic E-state index is -3.83. The van der Waals surface area contributed by atoms with E-state index in [4.69, 9.17) is 0 Å². The van der Waals surface area contributed by atoms with E-state index < -0.39 is 32.6 Å². The monoisotopic (exact) mass is 321 g/mol. The Kier molecular flexibility index (Phi) is 5.38. The van der Waals surface area contributed by atoms with Crippen LogP contribution in [0.15, 0.2) is 0 Å². The molecule has 0 aromatic heterocycles. The number of piperidine rings is 1. The zero-order valence-electron chi connectivity index (χ0n) is 12.8. The molecule has 0 radical (unpaired) electrons. The van der Waals surface area contributed by atoms with E-state index in [2.05, 4.69) is 4.74 Å². The third-order valence-corrected chi connectivity index (χ3v) is 6.43. The van der Waals surface area contributed by atoms with Crippen LogP contribution in [-0.2, 0) is 24.3 Å². The molecule has 0 amide bonds. The van der Waals surface area contributed by atoms with Gasteiger partial charge in [0.05, 0.1) is 12.5 Å². The predicted molar refractivity (Wildman–Crippen MR) is 76.1 cm³/mol. The van der Waals surface area contributed by atoms with Gasteiger partial charge in [-0.1, -0.05) is 0 Å². The van der Waals surface area contributed by atoms with Gasteiger partial charge < -0.3 is 9.84 Å². The molecule has 0 bridgehead atoms. The number of carboxylic acids is 1. The van der Waals surface area contributed by atoms with Gasteiger partial charge >= 0.3 is 11.9 Å². The second-order valence-corrected chi connectivity index (χ2v) is 8.19. The standard InChI is InChI=1S/C13H23NO6S/c1-9(11(15)20-4)21(18,19)14-7-5-6-10(8-14)13(2,3)12(16)17/h9-10H,5-8H2,1-4H3,(H,16,17). The van der Waals surface area contributed by atoms with Crippen LogP contribution in [0, 0.1) is 11.3 Å². The average Bonchev–Trinajstić information content (AvgIpc) is 2.45. The molecule has 7 nitrogen and oxygen atoms in total. The molecule has 1 aliphatic rings. The van der Waals surface area contributed by atoms with Gasteiger partial charge in [-0.25, -0.2) is 12.7 Å². The summed E-state index contributed by atoms with van der Waals surface area (Å²) in [4.78, 5) is 22.8. The van der Waals surface area contributed by atoms with Gasteiger partial charge in [-0.15, -0.1) is 0 Å². The van der Waals surface area contributed by atoms with Crippen LogP contribution in [0.4, 0.5) is 0 Å². The van der Waals surface area contributed by atoms with Gasteiger partial charge in [0.2, 0.25) is 10.0 Å². The first-order valence-corrected chi connectivity index (χ1v) is 8.35. The van der Waals surface area contributed by atoms with Crippen LogP contribution in [-0.4, -0.2) is 55.2 Å². The summed E-state index contributed by atoms with van der Waals surface area (Å²) in [5.41, 5.74) is -1.01. The van der Waals surface area contributed by atoms with Crippen LogP contribution < -0.4 is 0 Å². The summed E-state index contributed by atoms with van der Waals surface area (Å²) < 4.78 is 30.5. The molecule has 1 rings (SSSR count). The van der Waals surface area contributed by atoms with Gasteiger partial charge in [0, 0.05) is 13.1 Å². The van der Waals surface area contributed by atoms with E-state index in [0.29, 0.717) is 19.4 Å². The fourth-order valence-electron chi connectivity index (χ4n) is 2.45. The number of sulfonamides is 1. The minimum absolute atomic E-state index is 0.114. The van der Waals surface area contributed by atoms with Crippen molar-refractivity contribution in [2.24, 2.45) is 11.3 Å². The molecule has 0 aliphatic carbocycles. The Morgan fingerprint density at radius 1 is 1.38 bits per heavy atom. The molecule has 21 heavy (non-hydrogen) atoms. The number of hydrogen-bond donors (Lipinski definition) is 1. The molecule has 1 aliphatic heterocycles. The van der Waals surface area contributed by atoms with Gasteiger partial charge in [0.25, 0.3) is 0 Å². The van der Waals surface area contributed by atoms with Crippen molar-refractivity contribution in [1.82, 2.24) is 4.31 Å². The molecule has 1 saturated heterocycles. The van der Waals surface area contributed by atoms with Crippen LogP contribution in [0.1, 0.15) is 33.6 Å². The first-order chi connectivity index (χ1) is 9.55. The fourth-order valence-corrected chi connectivity index (χ4v) is 4.01. The zero-order chi connectivity index (χ0) is 16.4. The van der Waals surface area contributed by atoms with E-state index in [0.717, 1.165) is 7.11 Å². The number of ether oxygens (including phenoxy) is 1. The highest BCUT2D eigenvalue weighted by atomic mass is 32.2. The molecule has 2 atom stereocenters. The first-order valence-electron chi connectivity index (χ1n) is 6.85. The Balaban J connectivity index is 2.95. The Morgan fingerprint density at radius 2 is 1.95 bits per heavy atom. The number of rotatable bonds is 5. The van der Waals surface area contributed by atoms with Crippen molar-refractivity contribution in [1.29, 1.82) is 0 Å². The normalized spacial score (nSPS) is 22.6. The van der Waals surface area contributed by atoms with E-state index in [9.17, 15) is 23.1 Å². The molecule has 0 saturated carbocycles. The number of aliphatic carboxylic acids is 1. The fraction of sp³-hybridized carbons (Fsp3) is 0.846. The minimum Gasteiger partial charge on any atom is -0.481 e. The summed E-state index contributed by atoms with van der Waals surface area (Å²) in [5.74, 6) is -2.05. The molecule has 0 aromatic rings. The molecular weight excluding hydrogens is 298 g/mol. The van der Waals surface area contributed by atoms with Gasteiger partial charge in [-0.05, 0) is 39.5 Å². The van der Waals surface area contributed by atoms with Gasteiger partial charge in [0.1, 0.15) is 0 Å². The number of esters is 1. The Morgan fingerprint density at radius 3 is 2.43 bits per heavy atom. The lowest BCUT2D eigenvalue weighted by Gasteiger charge is -2.39. The highest BCUT2D eigenvalue weighted by Crippen LogP contribution is 2.35. The van der Waals surface area contributed by atoms with Gasteiger partial charge in [0.15, 0.2) is 5.25 Å². The average molecular weight is 321 g/mol. The van der Waals surface area contributed by atoms with Gasteiger partial charge in [-0.2, -0.15) is 0 Å². The number of hydrogen-bond acceptors (Lipinski definition) is 5. The molecule has 0 aromatic carbocycles. The summed E-state index contributed by atoms with van der Waals surface area (Å²) >= 11 is 0. The summed E-state index contributed by atoms with van der Waals surface area (Å²) in [5, 5.41) is 7.99. The quantitative estimate of drug-likeness (QED) is 0.748. The van der Waals surface area contributed by atoms with E-state index in [1.54, 1.807) is 13.8 Å². The predicted octanol–water partition coefficient (Wildman–Crippen LogP) is 0.700. The first kappa shape index (κ1) is 17.9. The second kappa shape index (κ2) is 6.31. The highest BCUT2D eigenvalue weighted by molar-refractivity contribution is 7.90. The van der Waals surface area contributed by atoms with Crippen molar-refractivity contribution >= 4 is 22.0 Å². The maximum Gasteiger partial charge on any atom is 0.325 e. The summed E-state index contributed by atoms with van der Waals surface area (Å²) in [7, 11) is -2.69. The maximum atomic E-state index is 12.4. The van der Waals surface area contributed by atoms with Crippen LogP contribution >= 0.6 is 0 Å². The van der Waals surface area contributed by atoms with Crippen LogP contribution in [0.2, 0.25) is 0 Å². The lowest BCUT2D eigenvalue weighted by molar-refractivity contribution is -0.151. The smallest absolute Gasteiger partial charge is 0.325 e. The number of carbonyl (C=O) groups excluding carboxylic acids is 1. The Labute approximate surface area is 125 Å². The molecule has 122 valence electrons. The number of carbonyl (C=O) groups is 2. The third kappa shape index (κ3) is 3.55. The molecular formula is C13H23NO6S. The number of nitrogens with zero attached hydrogens (tertiary/aromatic N) is 1. The van der Waals surface area contributed by atoms with Crippen molar-refractivity contribution in [3.8, 4) is 0 Å². The largest absolute Gasteiger partial charge is 0.481 e. The van der Waals surface area contributed by atoms with Crippen molar-refractivity contribution in [2.75, 3.05) is 20.2 Å². The summed E-state index contributed by atoms with van der Waals surface area (Å²) in [6.07, 6.45) is 1.23. The zero-order valence-corrected chi connectivity index (χ0v) is 13.6. The second-order valence-electron chi connectivity index (χ2n) is 5.93. The van der Waals surface area contributed by atoms with Crippen LogP contribution in [0.25, 0.3) is 0 Å².